The van der Waals surface area contributed by atoms with E-state index in [1.807, 2.05) is 0 Å². The third kappa shape index (κ3) is 2.14. The molecule has 1 aliphatic heterocycles. The number of benzene rings is 1. The first kappa shape index (κ1) is 10.1. The minimum atomic E-state index is 0.190. The van der Waals surface area contributed by atoms with Gasteiger partial charge in [0.25, 0.3) is 0 Å². The highest BCUT2D eigenvalue weighted by Gasteiger charge is 2.15. The first-order valence-corrected chi connectivity index (χ1v) is 4.87. The SMILES string of the molecule is ONc1ccc(O)cc1N1CCOCC1. The fraction of sp³-hybridized carbons (Fsp3) is 0.400. The summed E-state index contributed by atoms with van der Waals surface area (Å²) in [7, 11) is 0. The molecular formula is C10H14N2O3. The molecule has 1 fully saturated rings. The van der Waals surface area contributed by atoms with Crippen LogP contribution in [0.3, 0.4) is 0 Å². The zero-order chi connectivity index (χ0) is 10.7. The van der Waals surface area contributed by atoms with E-state index in [-0.39, 0.29) is 5.75 Å². The fourth-order valence-electron chi connectivity index (χ4n) is 1.68. The molecule has 0 aliphatic carbocycles. The maximum atomic E-state index is 9.40. The number of ether oxygens (including phenoxy) is 1. The largest absolute Gasteiger partial charge is 0.508 e. The molecule has 0 spiro atoms. The highest BCUT2D eigenvalue weighted by molar-refractivity contribution is 5.71. The number of rotatable bonds is 2. The molecule has 0 radical (unpaired) electrons. The van der Waals surface area contributed by atoms with Gasteiger partial charge in [0.2, 0.25) is 0 Å². The van der Waals surface area contributed by atoms with Crippen molar-refractivity contribution in [2.24, 2.45) is 0 Å². The molecule has 15 heavy (non-hydrogen) atoms. The molecule has 2 rings (SSSR count). The third-order valence-corrected chi connectivity index (χ3v) is 2.45. The number of nitrogens with one attached hydrogen (secondary N) is 1. The highest BCUT2D eigenvalue weighted by atomic mass is 16.5. The Balaban J connectivity index is 2.27. The van der Waals surface area contributed by atoms with Crippen molar-refractivity contribution in [1.82, 2.24) is 0 Å². The maximum Gasteiger partial charge on any atom is 0.117 e. The van der Waals surface area contributed by atoms with Crippen molar-refractivity contribution in [2.75, 3.05) is 36.7 Å². The van der Waals surface area contributed by atoms with Crippen molar-refractivity contribution >= 4 is 11.4 Å². The number of hydrogen-bond acceptors (Lipinski definition) is 5. The number of aromatic hydroxyl groups is 1. The molecule has 5 heteroatoms. The van der Waals surface area contributed by atoms with Gasteiger partial charge in [0.05, 0.1) is 24.6 Å². The second-order valence-corrected chi connectivity index (χ2v) is 3.41. The van der Waals surface area contributed by atoms with E-state index >= 15 is 0 Å². The summed E-state index contributed by atoms with van der Waals surface area (Å²) in [5.74, 6) is 0.190. The van der Waals surface area contributed by atoms with E-state index in [9.17, 15) is 5.11 Å². The molecular weight excluding hydrogens is 196 g/mol. The van der Waals surface area contributed by atoms with Crippen molar-refractivity contribution in [3.05, 3.63) is 18.2 Å². The average molecular weight is 210 g/mol. The van der Waals surface area contributed by atoms with Crippen molar-refractivity contribution in [1.29, 1.82) is 0 Å². The summed E-state index contributed by atoms with van der Waals surface area (Å²) < 4.78 is 5.24. The van der Waals surface area contributed by atoms with Gasteiger partial charge in [-0.25, -0.2) is 0 Å². The fourth-order valence-corrected chi connectivity index (χ4v) is 1.68. The lowest BCUT2D eigenvalue weighted by Gasteiger charge is -2.30. The van der Waals surface area contributed by atoms with Gasteiger partial charge in [-0.1, -0.05) is 0 Å². The van der Waals surface area contributed by atoms with Crippen molar-refractivity contribution in [3.63, 3.8) is 0 Å². The zero-order valence-corrected chi connectivity index (χ0v) is 8.31. The summed E-state index contributed by atoms with van der Waals surface area (Å²) in [6.07, 6.45) is 0. The molecule has 0 amide bonds. The lowest BCUT2D eigenvalue weighted by atomic mass is 10.2. The van der Waals surface area contributed by atoms with Crippen molar-refractivity contribution < 1.29 is 15.1 Å². The van der Waals surface area contributed by atoms with Crippen molar-refractivity contribution in [3.8, 4) is 5.75 Å². The molecule has 1 aliphatic rings. The van der Waals surface area contributed by atoms with Crippen LogP contribution in [0.25, 0.3) is 0 Å². The van der Waals surface area contributed by atoms with Gasteiger partial charge in [0.1, 0.15) is 5.75 Å². The molecule has 3 N–H and O–H groups in total. The van der Waals surface area contributed by atoms with Crippen LogP contribution in [0, 0.1) is 0 Å². The Kier molecular flexibility index (Phi) is 2.94. The molecule has 1 saturated heterocycles. The van der Waals surface area contributed by atoms with E-state index in [1.165, 1.54) is 6.07 Å². The van der Waals surface area contributed by atoms with Crippen LogP contribution < -0.4 is 10.4 Å². The first-order chi connectivity index (χ1) is 7.31. The molecule has 82 valence electrons. The standard InChI is InChI=1S/C10H14N2O3/c13-8-1-2-9(11-14)10(7-8)12-3-5-15-6-4-12/h1-2,7,11,13-14H,3-6H2. The van der Waals surface area contributed by atoms with Crippen LogP contribution in [0.4, 0.5) is 11.4 Å². The minimum Gasteiger partial charge on any atom is -0.508 e. The number of phenolic OH excluding ortho intramolecular Hbond substituents is 1. The van der Waals surface area contributed by atoms with E-state index in [0.29, 0.717) is 18.9 Å². The van der Waals surface area contributed by atoms with Gasteiger partial charge >= 0.3 is 0 Å². The van der Waals surface area contributed by atoms with Crippen molar-refractivity contribution in [2.45, 2.75) is 0 Å². The first-order valence-electron chi connectivity index (χ1n) is 4.87. The van der Waals surface area contributed by atoms with E-state index in [2.05, 4.69) is 10.4 Å². The minimum absolute atomic E-state index is 0.190. The predicted octanol–water partition coefficient (Wildman–Crippen LogP) is 1.03. The van der Waals surface area contributed by atoms with E-state index in [1.54, 1.807) is 12.1 Å². The summed E-state index contributed by atoms with van der Waals surface area (Å²) in [6, 6.07) is 4.80. The quantitative estimate of drug-likeness (QED) is 0.502. The lowest BCUT2D eigenvalue weighted by Crippen LogP contribution is -2.36. The van der Waals surface area contributed by atoms with Gasteiger partial charge in [0.15, 0.2) is 0 Å². The monoisotopic (exact) mass is 210 g/mol. The van der Waals surface area contributed by atoms with Crippen LogP contribution in [0.5, 0.6) is 5.75 Å². The molecule has 1 aromatic rings. The zero-order valence-electron chi connectivity index (χ0n) is 8.31. The predicted molar refractivity (Wildman–Crippen MR) is 56.5 cm³/mol. The number of anilines is 2. The molecule has 0 atom stereocenters. The molecule has 0 aromatic heterocycles. The Bertz CT molecular complexity index is 337. The van der Waals surface area contributed by atoms with Gasteiger partial charge in [-0.2, -0.15) is 0 Å². The van der Waals surface area contributed by atoms with Crippen LogP contribution in [-0.4, -0.2) is 36.6 Å². The molecule has 0 unspecified atom stereocenters. The third-order valence-electron chi connectivity index (χ3n) is 2.45. The maximum absolute atomic E-state index is 9.40. The number of phenols is 1. The Hall–Kier alpha value is -1.46. The number of hydrogen-bond donors (Lipinski definition) is 3. The number of morpholine rings is 1. The van der Waals surface area contributed by atoms with E-state index in [0.717, 1.165) is 18.8 Å². The Morgan fingerprint density at radius 2 is 2.00 bits per heavy atom. The Morgan fingerprint density at radius 3 is 2.67 bits per heavy atom. The lowest BCUT2D eigenvalue weighted by molar-refractivity contribution is 0.122. The molecule has 1 heterocycles. The van der Waals surface area contributed by atoms with Gasteiger partial charge < -0.3 is 14.7 Å². The van der Waals surface area contributed by atoms with Crippen LogP contribution in [-0.2, 0) is 4.74 Å². The number of nitrogens with zero attached hydrogens (tertiary/aromatic N) is 1. The summed E-state index contributed by atoms with van der Waals surface area (Å²) in [5, 5.41) is 18.3. The molecule has 0 saturated carbocycles. The van der Waals surface area contributed by atoms with Gasteiger partial charge in [0, 0.05) is 19.2 Å². The molecule has 0 bridgehead atoms. The normalized spacial score (nSPS) is 16.5. The summed E-state index contributed by atoms with van der Waals surface area (Å²) in [4.78, 5) is 2.06. The van der Waals surface area contributed by atoms with Gasteiger partial charge in [-0.3, -0.25) is 10.7 Å². The Morgan fingerprint density at radius 1 is 1.27 bits per heavy atom. The summed E-state index contributed by atoms with van der Waals surface area (Å²) >= 11 is 0. The van der Waals surface area contributed by atoms with Crippen LogP contribution >= 0.6 is 0 Å². The summed E-state index contributed by atoms with van der Waals surface area (Å²) in [5.41, 5.74) is 3.51. The molecule has 5 nitrogen and oxygen atoms in total. The van der Waals surface area contributed by atoms with Crippen LogP contribution in [0.2, 0.25) is 0 Å². The second kappa shape index (κ2) is 4.37. The van der Waals surface area contributed by atoms with E-state index < -0.39 is 0 Å². The average Bonchev–Trinajstić information content (AvgIpc) is 2.30. The highest BCUT2D eigenvalue weighted by Crippen LogP contribution is 2.29. The Labute approximate surface area is 87.9 Å². The van der Waals surface area contributed by atoms with E-state index in [4.69, 9.17) is 9.94 Å². The van der Waals surface area contributed by atoms with Crippen LogP contribution in [0.15, 0.2) is 18.2 Å². The molecule has 1 aromatic carbocycles. The summed E-state index contributed by atoms with van der Waals surface area (Å²) in [6.45, 7) is 2.86. The second-order valence-electron chi connectivity index (χ2n) is 3.41. The van der Waals surface area contributed by atoms with Gasteiger partial charge in [-0.05, 0) is 12.1 Å². The topological polar surface area (TPSA) is 65.0 Å². The smallest absolute Gasteiger partial charge is 0.117 e. The van der Waals surface area contributed by atoms with Crippen LogP contribution in [0.1, 0.15) is 0 Å². The van der Waals surface area contributed by atoms with Gasteiger partial charge in [-0.15, -0.1) is 0 Å².